The van der Waals surface area contributed by atoms with Crippen LogP contribution in [0, 0.1) is 0 Å². The van der Waals surface area contributed by atoms with Gasteiger partial charge in [0.2, 0.25) is 6.93 Å². The van der Waals surface area contributed by atoms with E-state index in [1.165, 1.54) is 16.8 Å². The number of aliphatic hydroxyl groups excluding tert-OH is 1. The fourth-order valence-corrected chi connectivity index (χ4v) is 3.85. The van der Waals surface area contributed by atoms with Crippen molar-refractivity contribution in [2.45, 2.75) is 31.5 Å². The maximum Gasteiger partial charge on any atom is 0.397 e. The lowest BCUT2D eigenvalue weighted by atomic mass is 10.2. The number of benzene rings is 1. The van der Waals surface area contributed by atoms with Crippen molar-refractivity contribution in [1.29, 1.82) is 0 Å². The van der Waals surface area contributed by atoms with Crippen molar-refractivity contribution in [3.8, 4) is 5.75 Å². The molecular weight excluding hydrogens is 411 g/mol. The summed E-state index contributed by atoms with van der Waals surface area (Å²) in [5.74, 6) is 0.870. The normalized spacial score (nSPS) is 25.5. The van der Waals surface area contributed by atoms with Gasteiger partial charge in [0.15, 0.2) is 0 Å². The van der Waals surface area contributed by atoms with Gasteiger partial charge in [0.25, 0.3) is 0 Å². The van der Waals surface area contributed by atoms with Crippen LogP contribution in [0.25, 0.3) is 0 Å². The van der Waals surface area contributed by atoms with Gasteiger partial charge in [0.1, 0.15) is 23.9 Å². The van der Waals surface area contributed by atoms with E-state index in [-0.39, 0.29) is 18.8 Å². The van der Waals surface area contributed by atoms with E-state index in [0.717, 1.165) is 11.3 Å². The molecule has 4 atom stereocenters. The number of hydrogen-bond acceptors (Lipinski definition) is 8. The number of hydrogen-bond donors (Lipinski definition) is 2. The zero-order valence-corrected chi connectivity index (χ0v) is 16.1. The van der Waals surface area contributed by atoms with E-state index in [9.17, 15) is 18.7 Å². The van der Waals surface area contributed by atoms with E-state index in [0.29, 0.717) is 6.61 Å². The number of fused-ring (bicyclic) bond motifs is 1. The fraction of sp³-hybridized carbons (Fsp3) is 0.412. The summed E-state index contributed by atoms with van der Waals surface area (Å²) in [4.78, 5) is 15.6. The average Bonchev–Trinajstić information content (AvgIpc) is 3.07. The fourth-order valence-electron chi connectivity index (χ4n) is 2.82. The zero-order valence-electron chi connectivity index (χ0n) is 15.2. The molecule has 1 aromatic carbocycles. The third kappa shape index (κ3) is 5.46. The second kappa shape index (κ2) is 10.0. The highest BCUT2D eigenvalue weighted by atomic mass is 31.2. The molecule has 3 N–H and O–H groups in total. The first kappa shape index (κ1) is 21.5. The Morgan fingerprint density at radius 3 is 2.86 bits per heavy atom. The molecule has 12 heteroatoms. The highest BCUT2D eigenvalue weighted by Gasteiger charge is 2.37. The summed E-state index contributed by atoms with van der Waals surface area (Å²) in [6.07, 6.45) is -0.254. The molecule has 1 fully saturated rings. The highest BCUT2D eigenvalue weighted by Crippen LogP contribution is 2.47. The lowest BCUT2D eigenvalue weighted by molar-refractivity contribution is -0.0436. The quantitative estimate of drug-likeness (QED) is 0.708. The molecule has 1 saturated heterocycles. The second-order valence-electron chi connectivity index (χ2n) is 6.07. The van der Waals surface area contributed by atoms with Crippen LogP contribution in [0.4, 0.5) is 14.6 Å². The van der Waals surface area contributed by atoms with Gasteiger partial charge in [0.05, 0.1) is 19.3 Å². The maximum absolute atomic E-state index is 11.9. The molecule has 158 valence electrons. The van der Waals surface area contributed by atoms with Gasteiger partial charge in [-0.15, -0.1) is 0 Å². The molecule has 3 heterocycles. The molecule has 0 bridgehead atoms. The van der Waals surface area contributed by atoms with Crippen LogP contribution in [0.1, 0.15) is 18.2 Å². The monoisotopic (exact) mass is 431 g/mol. The summed E-state index contributed by atoms with van der Waals surface area (Å²) in [6, 6.07) is 9.08. The Labute approximate surface area is 166 Å². The SMILES string of the molecule is FCF.Nc1ccn(C2CC(O)C(COP3OCc4ccccc4O3)O2)c(=O)n1. The summed E-state index contributed by atoms with van der Waals surface area (Å²) >= 11 is 0. The zero-order chi connectivity index (χ0) is 20.8. The van der Waals surface area contributed by atoms with E-state index in [1.807, 2.05) is 24.3 Å². The average molecular weight is 431 g/mol. The molecule has 0 spiro atoms. The summed E-state index contributed by atoms with van der Waals surface area (Å²) < 4.78 is 43.2. The van der Waals surface area contributed by atoms with Crippen LogP contribution < -0.4 is 15.9 Å². The Balaban J connectivity index is 0.000000755. The van der Waals surface area contributed by atoms with E-state index in [4.69, 9.17) is 24.0 Å². The third-order valence-electron chi connectivity index (χ3n) is 4.18. The number of alkyl halides is 2. The highest BCUT2D eigenvalue weighted by molar-refractivity contribution is 7.42. The van der Waals surface area contributed by atoms with Gasteiger partial charge in [-0.25, -0.2) is 13.6 Å². The molecule has 2 aliphatic rings. The summed E-state index contributed by atoms with van der Waals surface area (Å²) in [5, 5.41) is 10.2. The van der Waals surface area contributed by atoms with Gasteiger partial charge in [-0.05, 0) is 12.1 Å². The first-order valence-electron chi connectivity index (χ1n) is 8.63. The third-order valence-corrected chi connectivity index (χ3v) is 5.23. The number of ether oxygens (including phenoxy) is 1. The number of nitrogens with zero attached hydrogens (tertiary/aromatic N) is 2. The van der Waals surface area contributed by atoms with Crippen LogP contribution in [0.3, 0.4) is 0 Å². The largest absolute Gasteiger partial charge is 0.426 e. The van der Waals surface area contributed by atoms with Crippen LogP contribution in [-0.4, -0.2) is 40.4 Å². The van der Waals surface area contributed by atoms with E-state index in [1.54, 1.807) is 0 Å². The van der Waals surface area contributed by atoms with Gasteiger partial charge in [-0.1, -0.05) is 18.2 Å². The molecule has 2 aliphatic heterocycles. The first-order valence-corrected chi connectivity index (χ1v) is 9.73. The summed E-state index contributed by atoms with van der Waals surface area (Å²) in [6.45, 7) is -1.26. The van der Waals surface area contributed by atoms with Crippen molar-refractivity contribution in [3.05, 3.63) is 52.6 Å². The van der Waals surface area contributed by atoms with Crippen LogP contribution in [0.15, 0.2) is 41.3 Å². The van der Waals surface area contributed by atoms with Gasteiger partial charge in [0, 0.05) is 18.2 Å². The predicted octanol–water partition coefficient (Wildman–Crippen LogP) is 2.21. The van der Waals surface area contributed by atoms with Crippen LogP contribution in [0.2, 0.25) is 0 Å². The van der Waals surface area contributed by atoms with Crippen molar-refractivity contribution >= 4 is 14.4 Å². The minimum absolute atomic E-state index is 0.0860. The Morgan fingerprint density at radius 2 is 2.10 bits per heavy atom. The lowest BCUT2D eigenvalue weighted by Crippen LogP contribution is -2.28. The second-order valence-corrected chi connectivity index (χ2v) is 7.21. The molecule has 0 saturated carbocycles. The number of nitrogen functional groups attached to an aromatic ring is 1. The molecule has 0 aliphatic carbocycles. The number of anilines is 1. The van der Waals surface area contributed by atoms with E-state index >= 15 is 0 Å². The van der Waals surface area contributed by atoms with Crippen molar-refractivity contribution < 1.29 is 32.2 Å². The molecule has 2 aromatic rings. The molecule has 4 unspecified atom stereocenters. The van der Waals surface area contributed by atoms with Crippen molar-refractivity contribution in [2.24, 2.45) is 0 Å². The standard InChI is InChI=1S/C16H18N3O6P.CH2F2/c17-14-5-6-19(16(21)18-14)15-7-11(20)13(24-15)9-23-26-22-8-10-3-1-2-4-12(10)25-26;2-1-3/h1-6,11,13,15,20H,7-9H2,(H2,17,18,21);1H2. The molecule has 9 nitrogen and oxygen atoms in total. The Bertz CT molecular complexity index is 873. The molecule has 4 rings (SSSR count). The van der Waals surface area contributed by atoms with Gasteiger partial charge in [-0.2, -0.15) is 4.98 Å². The Kier molecular flexibility index (Phi) is 7.45. The molecule has 0 radical (unpaired) electrons. The van der Waals surface area contributed by atoms with Crippen molar-refractivity contribution in [1.82, 2.24) is 9.55 Å². The number of rotatable bonds is 4. The van der Waals surface area contributed by atoms with E-state index < -0.39 is 39.7 Å². The van der Waals surface area contributed by atoms with Crippen LogP contribution in [0.5, 0.6) is 5.75 Å². The predicted molar refractivity (Wildman–Crippen MR) is 99.3 cm³/mol. The lowest BCUT2D eigenvalue weighted by Gasteiger charge is -2.25. The Hall–Kier alpha value is -2.17. The molecular formula is C17H20F2N3O6P. The van der Waals surface area contributed by atoms with Crippen LogP contribution in [-0.2, 0) is 20.4 Å². The van der Waals surface area contributed by atoms with Gasteiger partial charge >= 0.3 is 14.3 Å². The number of aliphatic hydroxyl groups is 1. The molecule has 0 amide bonds. The smallest absolute Gasteiger partial charge is 0.397 e. The minimum atomic E-state index is -1.75. The first-order chi connectivity index (χ1) is 14.0. The molecule has 1 aromatic heterocycles. The maximum atomic E-state index is 11.9. The number of aromatic nitrogens is 2. The summed E-state index contributed by atoms with van der Waals surface area (Å²) in [7, 11) is -1.56. The number of nitrogens with two attached hydrogens (primary N) is 1. The van der Waals surface area contributed by atoms with Crippen molar-refractivity contribution in [3.63, 3.8) is 0 Å². The Morgan fingerprint density at radius 1 is 1.34 bits per heavy atom. The van der Waals surface area contributed by atoms with E-state index in [2.05, 4.69) is 4.98 Å². The number of halogens is 2. The number of para-hydroxylation sites is 1. The topological polar surface area (TPSA) is 118 Å². The van der Waals surface area contributed by atoms with Crippen molar-refractivity contribution in [2.75, 3.05) is 19.3 Å². The summed E-state index contributed by atoms with van der Waals surface area (Å²) in [5.41, 5.74) is 5.92. The van der Waals surface area contributed by atoms with Gasteiger partial charge in [-0.3, -0.25) is 13.6 Å². The van der Waals surface area contributed by atoms with Gasteiger partial charge < -0.3 is 20.1 Å². The minimum Gasteiger partial charge on any atom is -0.426 e. The molecule has 29 heavy (non-hydrogen) atoms. The van der Waals surface area contributed by atoms with Crippen LogP contribution >= 0.6 is 8.60 Å².